The quantitative estimate of drug-likeness (QED) is 0.495. The van der Waals surface area contributed by atoms with Crippen LogP contribution < -0.4 is 0 Å². The van der Waals surface area contributed by atoms with E-state index in [1.54, 1.807) is 12.1 Å². The smallest absolute Gasteiger partial charge is 0.257 e. The fourth-order valence-electron chi connectivity index (χ4n) is 2.09. The van der Waals surface area contributed by atoms with Gasteiger partial charge in [-0.25, -0.2) is 4.98 Å². The first kappa shape index (κ1) is 14.3. The maximum Gasteiger partial charge on any atom is 0.257 e. The van der Waals surface area contributed by atoms with Crippen molar-refractivity contribution in [1.82, 2.24) is 15.2 Å². The Morgan fingerprint density at radius 1 is 1.00 bits per heavy atom. The van der Waals surface area contributed by atoms with Crippen LogP contribution in [0.2, 0.25) is 5.02 Å². The lowest BCUT2D eigenvalue weighted by molar-refractivity contribution is 0.486. The third-order valence-corrected chi connectivity index (χ3v) is 4.18. The van der Waals surface area contributed by atoms with Crippen LogP contribution in [0.5, 0.6) is 0 Å². The van der Waals surface area contributed by atoms with Crippen LogP contribution >= 0.6 is 23.4 Å². The molecule has 7 heteroatoms. The van der Waals surface area contributed by atoms with Crippen molar-refractivity contribution in [3.05, 3.63) is 59.4 Å². The van der Waals surface area contributed by atoms with Gasteiger partial charge in [0.15, 0.2) is 5.58 Å². The van der Waals surface area contributed by atoms with Gasteiger partial charge in [0.25, 0.3) is 5.22 Å². The molecule has 23 heavy (non-hydrogen) atoms. The molecule has 0 amide bonds. The Morgan fingerprint density at radius 3 is 2.78 bits per heavy atom. The van der Waals surface area contributed by atoms with Crippen molar-refractivity contribution in [2.75, 3.05) is 0 Å². The summed E-state index contributed by atoms with van der Waals surface area (Å²) in [6.07, 6.45) is 0. The van der Waals surface area contributed by atoms with Crippen LogP contribution in [0.15, 0.2) is 62.6 Å². The second-order valence-electron chi connectivity index (χ2n) is 4.75. The van der Waals surface area contributed by atoms with E-state index in [2.05, 4.69) is 15.2 Å². The predicted molar refractivity (Wildman–Crippen MR) is 88.3 cm³/mol. The lowest BCUT2D eigenvalue weighted by Crippen LogP contribution is -1.80. The number of halogens is 1. The number of hydrogen-bond donors (Lipinski definition) is 0. The first-order valence-electron chi connectivity index (χ1n) is 6.84. The molecular weight excluding hydrogens is 334 g/mol. The van der Waals surface area contributed by atoms with Crippen molar-refractivity contribution in [1.29, 1.82) is 0 Å². The van der Waals surface area contributed by atoms with E-state index in [1.165, 1.54) is 11.8 Å². The highest BCUT2D eigenvalue weighted by atomic mass is 35.5. The summed E-state index contributed by atoms with van der Waals surface area (Å²) in [6.45, 7) is 0. The summed E-state index contributed by atoms with van der Waals surface area (Å²) in [5, 5.41) is 9.29. The largest absolute Gasteiger partial charge is 0.431 e. The van der Waals surface area contributed by atoms with Gasteiger partial charge in [-0.2, -0.15) is 0 Å². The molecule has 0 spiro atoms. The fraction of sp³-hybridized carbons (Fsp3) is 0.0625. The Bertz CT molecular complexity index is 934. The molecule has 0 saturated heterocycles. The highest BCUT2D eigenvalue weighted by Gasteiger charge is 2.11. The normalized spacial score (nSPS) is 11.2. The highest BCUT2D eigenvalue weighted by molar-refractivity contribution is 7.98. The zero-order valence-corrected chi connectivity index (χ0v) is 13.3. The van der Waals surface area contributed by atoms with Crippen LogP contribution in [0.4, 0.5) is 0 Å². The summed E-state index contributed by atoms with van der Waals surface area (Å²) in [7, 11) is 0. The number of benzene rings is 2. The van der Waals surface area contributed by atoms with Crippen molar-refractivity contribution in [3.8, 4) is 11.5 Å². The van der Waals surface area contributed by atoms with Crippen LogP contribution in [-0.2, 0) is 5.75 Å². The summed E-state index contributed by atoms with van der Waals surface area (Å²) in [5.74, 6) is 1.44. The Balaban J connectivity index is 1.49. The molecule has 0 unspecified atom stereocenters. The Kier molecular flexibility index (Phi) is 3.77. The summed E-state index contributed by atoms with van der Waals surface area (Å²) in [4.78, 5) is 4.39. The van der Waals surface area contributed by atoms with Crippen LogP contribution in [0.1, 0.15) is 5.89 Å². The second kappa shape index (κ2) is 6.06. The SMILES string of the molecule is Clc1cccc(-c2nnc(CSc3nc4ccccc4o3)o2)c1. The summed E-state index contributed by atoms with van der Waals surface area (Å²) in [6, 6.07) is 14.9. The first-order chi connectivity index (χ1) is 11.3. The van der Waals surface area contributed by atoms with Crippen LogP contribution in [0.25, 0.3) is 22.6 Å². The van der Waals surface area contributed by atoms with Crippen LogP contribution in [-0.4, -0.2) is 15.2 Å². The van der Waals surface area contributed by atoms with Gasteiger partial charge >= 0.3 is 0 Å². The molecule has 0 bridgehead atoms. The van der Waals surface area contributed by atoms with Crippen molar-refractivity contribution < 1.29 is 8.83 Å². The number of thioether (sulfide) groups is 1. The van der Waals surface area contributed by atoms with Crippen molar-refractivity contribution in [2.24, 2.45) is 0 Å². The summed E-state index contributed by atoms with van der Waals surface area (Å²) in [5.41, 5.74) is 2.39. The number of oxazole rings is 1. The average Bonchev–Trinajstić information content (AvgIpc) is 3.19. The maximum absolute atomic E-state index is 5.97. The average molecular weight is 344 g/mol. The fourth-order valence-corrected chi connectivity index (χ4v) is 2.95. The van der Waals surface area contributed by atoms with Gasteiger partial charge in [0.1, 0.15) is 5.52 Å². The van der Waals surface area contributed by atoms with Gasteiger partial charge in [-0.05, 0) is 30.3 Å². The molecule has 0 aliphatic carbocycles. The van der Waals surface area contributed by atoms with Gasteiger partial charge in [-0.3, -0.25) is 0 Å². The van der Waals surface area contributed by atoms with E-state index < -0.39 is 0 Å². The van der Waals surface area contributed by atoms with Crippen LogP contribution in [0.3, 0.4) is 0 Å². The van der Waals surface area contributed by atoms with E-state index in [-0.39, 0.29) is 0 Å². The van der Waals surface area contributed by atoms with Gasteiger partial charge in [0.05, 0.1) is 5.75 Å². The Labute approximate surface area is 140 Å². The standard InChI is InChI=1S/C16H10ClN3O2S/c17-11-5-3-4-10(8-11)15-20-19-14(22-15)9-23-16-18-12-6-1-2-7-13(12)21-16/h1-8H,9H2. The second-order valence-corrected chi connectivity index (χ2v) is 6.11. The monoisotopic (exact) mass is 343 g/mol. The third-order valence-electron chi connectivity index (χ3n) is 3.13. The van der Waals surface area contributed by atoms with Crippen molar-refractivity contribution >= 4 is 34.5 Å². The minimum absolute atomic E-state index is 0.445. The molecule has 4 aromatic rings. The predicted octanol–water partition coefficient (Wildman–Crippen LogP) is 4.82. The van der Waals surface area contributed by atoms with Gasteiger partial charge in [-0.15, -0.1) is 10.2 Å². The van der Waals surface area contributed by atoms with Gasteiger partial charge in [-0.1, -0.05) is 41.6 Å². The minimum Gasteiger partial charge on any atom is -0.431 e. The number of rotatable bonds is 4. The molecule has 0 saturated carbocycles. The molecule has 0 atom stereocenters. The number of hydrogen-bond acceptors (Lipinski definition) is 6. The van der Waals surface area contributed by atoms with Gasteiger partial charge < -0.3 is 8.83 Å². The zero-order chi connectivity index (χ0) is 15.6. The summed E-state index contributed by atoms with van der Waals surface area (Å²) >= 11 is 7.38. The molecule has 114 valence electrons. The molecule has 0 aliphatic rings. The number of nitrogens with zero attached hydrogens (tertiary/aromatic N) is 3. The van der Waals surface area contributed by atoms with E-state index >= 15 is 0 Å². The van der Waals surface area contributed by atoms with Crippen LogP contribution in [0, 0.1) is 0 Å². The third kappa shape index (κ3) is 3.09. The highest BCUT2D eigenvalue weighted by Crippen LogP contribution is 2.27. The molecule has 5 nitrogen and oxygen atoms in total. The van der Waals surface area contributed by atoms with Gasteiger partial charge in [0, 0.05) is 10.6 Å². The van der Waals surface area contributed by atoms with Crippen molar-refractivity contribution in [3.63, 3.8) is 0 Å². The van der Waals surface area contributed by atoms with E-state index in [9.17, 15) is 0 Å². The molecule has 2 heterocycles. The molecule has 0 N–H and O–H groups in total. The van der Waals surface area contributed by atoms with E-state index in [0.29, 0.717) is 27.8 Å². The number of fused-ring (bicyclic) bond motifs is 1. The Morgan fingerprint density at radius 2 is 1.91 bits per heavy atom. The lowest BCUT2D eigenvalue weighted by Gasteiger charge is -1.94. The molecule has 2 aromatic carbocycles. The van der Waals surface area contributed by atoms with E-state index in [4.69, 9.17) is 20.4 Å². The minimum atomic E-state index is 0.445. The van der Waals surface area contributed by atoms with Crippen molar-refractivity contribution in [2.45, 2.75) is 11.0 Å². The zero-order valence-electron chi connectivity index (χ0n) is 11.8. The topological polar surface area (TPSA) is 65.0 Å². The first-order valence-corrected chi connectivity index (χ1v) is 8.21. The molecule has 0 radical (unpaired) electrons. The van der Waals surface area contributed by atoms with E-state index in [0.717, 1.165) is 16.7 Å². The lowest BCUT2D eigenvalue weighted by atomic mass is 10.2. The summed E-state index contributed by atoms with van der Waals surface area (Å²) < 4.78 is 11.3. The molecule has 4 rings (SSSR count). The van der Waals surface area contributed by atoms with E-state index in [1.807, 2.05) is 36.4 Å². The number of aromatic nitrogens is 3. The molecular formula is C16H10ClN3O2S. The number of para-hydroxylation sites is 2. The maximum atomic E-state index is 5.97. The van der Waals surface area contributed by atoms with Gasteiger partial charge in [0.2, 0.25) is 11.8 Å². The molecule has 2 aromatic heterocycles. The Hall–Kier alpha value is -2.31. The molecule has 0 fully saturated rings. The molecule has 0 aliphatic heterocycles.